The van der Waals surface area contributed by atoms with Crippen LogP contribution in [0.4, 0.5) is 4.79 Å². The SMILES string of the molecule is COc1ccc(C2NC(c3ccc(C)cc3)C(c3ccc(Cl)cc3)N2C(=O)N2CCNC(=O)C2)c(OC(C)C)c1. The third-order valence-corrected chi connectivity index (χ3v) is 7.54. The van der Waals surface area contributed by atoms with Gasteiger partial charge in [-0.1, -0.05) is 53.6 Å². The molecule has 2 fully saturated rings. The summed E-state index contributed by atoms with van der Waals surface area (Å²) in [7, 11) is 1.61. The fourth-order valence-electron chi connectivity index (χ4n) is 5.39. The molecule has 0 radical (unpaired) electrons. The number of nitrogens with one attached hydrogen (secondary N) is 2. The Balaban J connectivity index is 1.68. The van der Waals surface area contributed by atoms with Crippen molar-refractivity contribution in [3.05, 3.63) is 94.0 Å². The number of halogens is 1. The molecule has 40 heavy (non-hydrogen) atoms. The van der Waals surface area contributed by atoms with Gasteiger partial charge in [-0.15, -0.1) is 0 Å². The smallest absolute Gasteiger partial charge is 0.322 e. The van der Waals surface area contributed by atoms with E-state index in [1.807, 2.05) is 61.2 Å². The molecule has 0 bridgehead atoms. The average Bonchev–Trinajstić information content (AvgIpc) is 3.33. The zero-order valence-corrected chi connectivity index (χ0v) is 23.9. The largest absolute Gasteiger partial charge is 0.497 e. The number of urea groups is 1. The van der Waals surface area contributed by atoms with Crippen molar-refractivity contribution in [1.82, 2.24) is 20.4 Å². The van der Waals surface area contributed by atoms with Crippen LogP contribution in [0.1, 0.15) is 54.4 Å². The molecule has 9 heteroatoms. The van der Waals surface area contributed by atoms with E-state index >= 15 is 0 Å². The summed E-state index contributed by atoms with van der Waals surface area (Å²) in [5.74, 6) is 1.11. The molecule has 210 valence electrons. The lowest BCUT2D eigenvalue weighted by molar-refractivity contribution is -0.123. The molecule has 0 aromatic heterocycles. The van der Waals surface area contributed by atoms with Crippen LogP contribution in [-0.2, 0) is 4.79 Å². The van der Waals surface area contributed by atoms with Gasteiger partial charge in [0.1, 0.15) is 24.2 Å². The van der Waals surface area contributed by atoms with Crippen molar-refractivity contribution in [3.8, 4) is 11.5 Å². The van der Waals surface area contributed by atoms with Gasteiger partial charge >= 0.3 is 6.03 Å². The van der Waals surface area contributed by atoms with Crippen LogP contribution in [0.15, 0.2) is 66.7 Å². The molecule has 2 heterocycles. The lowest BCUT2D eigenvalue weighted by Crippen LogP contribution is -2.54. The van der Waals surface area contributed by atoms with Crippen molar-refractivity contribution in [2.75, 3.05) is 26.7 Å². The average molecular weight is 563 g/mol. The van der Waals surface area contributed by atoms with Gasteiger partial charge in [0.25, 0.3) is 0 Å². The topological polar surface area (TPSA) is 83.1 Å². The fraction of sp³-hybridized carbons (Fsp3) is 0.355. The van der Waals surface area contributed by atoms with Crippen LogP contribution in [0.5, 0.6) is 11.5 Å². The third kappa shape index (κ3) is 5.74. The van der Waals surface area contributed by atoms with Gasteiger partial charge in [-0.3, -0.25) is 15.0 Å². The monoisotopic (exact) mass is 562 g/mol. The van der Waals surface area contributed by atoms with Gasteiger partial charge in [0.05, 0.1) is 25.3 Å². The van der Waals surface area contributed by atoms with Crippen molar-refractivity contribution in [2.24, 2.45) is 0 Å². The third-order valence-electron chi connectivity index (χ3n) is 7.29. The number of carbonyl (C=O) groups excluding carboxylic acids is 2. The summed E-state index contributed by atoms with van der Waals surface area (Å²) in [5.41, 5.74) is 3.93. The summed E-state index contributed by atoms with van der Waals surface area (Å²) in [6.07, 6.45) is -0.647. The number of carbonyl (C=O) groups is 2. The second kappa shape index (κ2) is 11.8. The zero-order valence-electron chi connectivity index (χ0n) is 23.2. The van der Waals surface area contributed by atoms with E-state index in [-0.39, 0.29) is 30.6 Å². The predicted molar refractivity (Wildman–Crippen MR) is 155 cm³/mol. The summed E-state index contributed by atoms with van der Waals surface area (Å²) < 4.78 is 11.7. The predicted octanol–water partition coefficient (Wildman–Crippen LogP) is 5.38. The molecular weight excluding hydrogens is 528 g/mol. The number of rotatable bonds is 6. The molecule has 2 aliphatic rings. The first-order valence-electron chi connectivity index (χ1n) is 13.5. The normalized spacial score (nSPS) is 20.9. The van der Waals surface area contributed by atoms with Crippen molar-refractivity contribution in [1.29, 1.82) is 0 Å². The molecule has 2 N–H and O–H groups in total. The van der Waals surface area contributed by atoms with E-state index in [0.717, 1.165) is 22.3 Å². The molecule has 0 aliphatic carbocycles. The van der Waals surface area contributed by atoms with Crippen LogP contribution in [-0.4, -0.2) is 54.6 Å². The quantitative estimate of drug-likeness (QED) is 0.421. The number of benzene rings is 3. The molecule has 0 spiro atoms. The van der Waals surface area contributed by atoms with Crippen LogP contribution < -0.4 is 20.1 Å². The minimum absolute atomic E-state index is 0.00253. The summed E-state index contributed by atoms with van der Waals surface area (Å²) in [5, 5.41) is 7.20. The molecule has 3 amide bonds. The number of aryl methyl sites for hydroxylation is 1. The summed E-state index contributed by atoms with van der Waals surface area (Å²) in [6.45, 7) is 6.82. The second-order valence-electron chi connectivity index (χ2n) is 10.5. The Morgan fingerprint density at radius 3 is 2.38 bits per heavy atom. The Hall–Kier alpha value is -3.75. The molecule has 2 aliphatic heterocycles. The molecule has 5 rings (SSSR count). The van der Waals surface area contributed by atoms with E-state index < -0.39 is 12.2 Å². The Morgan fingerprint density at radius 2 is 1.73 bits per heavy atom. The molecule has 3 aromatic rings. The van der Waals surface area contributed by atoms with E-state index in [0.29, 0.717) is 29.6 Å². The molecule has 3 unspecified atom stereocenters. The summed E-state index contributed by atoms with van der Waals surface area (Å²) >= 11 is 6.27. The van der Waals surface area contributed by atoms with Crippen LogP contribution in [0.25, 0.3) is 0 Å². The van der Waals surface area contributed by atoms with Gasteiger partial charge in [0, 0.05) is 29.7 Å². The van der Waals surface area contributed by atoms with Crippen LogP contribution in [0, 0.1) is 6.92 Å². The first-order valence-corrected chi connectivity index (χ1v) is 13.9. The molecule has 3 atom stereocenters. The number of nitrogens with zero attached hydrogens (tertiary/aromatic N) is 2. The summed E-state index contributed by atoms with van der Waals surface area (Å²) in [6, 6.07) is 20.7. The maximum atomic E-state index is 14.4. The second-order valence-corrected chi connectivity index (χ2v) is 10.9. The van der Waals surface area contributed by atoms with Crippen molar-refractivity contribution in [3.63, 3.8) is 0 Å². The van der Waals surface area contributed by atoms with E-state index in [2.05, 4.69) is 41.8 Å². The number of amides is 3. The van der Waals surface area contributed by atoms with Crippen molar-refractivity contribution >= 4 is 23.5 Å². The van der Waals surface area contributed by atoms with E-state index in [9.17, 15) is 9.59 Å². The molecule has 8 nitrogen and oxygen atoms in total. The van der Waals surface area contributed by atoms with Gasteiger partial charge < -0.3 is 19.7 Å². The number of piperazine rings is 1. The first-order chi connectivity index (χ1) is 19.2. The summed E-state index contributed by atoms with van der Waals surface area (Å²) in [4.78, 5) is 30.2. The van der Waals surface area contributed by atoms with Crippen LogP contribution >= 0.6 is 11.6 Å². The number of ether oxygens (including phenoxy) is 2. The lowest BCUT2D eigenvalue weighted by Gasteiger charge is -2.37. The molecule has 2 saturated heterocycles. The lowest BCUT2D eigenvalue weighted by atomic mass is 9.93. The Morgan fingerprint density at radius 1 is 1.02 bits per heavy atom. The zero-order chi connectivity index (χ0) is 28.4. The number of hydrogen-bond donors (Lipinski definition) is 2. The number of hydrogen-bond acceptors (Lipinski definition) is 5. The van der Waals surface area contributed by atoms with Crippen LogP contribution in [0.2, 0.25) is 5.02 Å². The maximum absolute atomic E-state index is 14.4. The fourth-order valence-corrected chi connectivity index (χ4v) is 5.51. The van der Waals surface area contributed by atoms with E-state index in [1.54, 1.807) is 12.0 Å². The minimum atomic E-state index is -0.552. The van der Waals surface area contributed by atoms with Gasteiger partial charge in [-0.2, -0.15) is 0 Å². The molecule has 0 saturated carbocycles. The van der Waals surface area contributed by atoms with Crippen molar-refractivity contribution in [2.45, 2.75) is 45.1 Å². The molecular formula is C31H35ClN4O4. The highest BCUT2D eigenvalue weighted by Crippen LogP contribution is 2.48. The Kier molecular flexibility index (Phi) is 8.19. The first kappa shape index (κ1) is 27.8. The number of methoxy groups -OCH3 is 1. The van der Waals surface area contributed by atoms with Crippen molar-refractivity contribution < 1.29 is 19.1 Å². The van der Waals surface area contributed by atoms with Gasteiger partial charge in [0.15, 0.2) is 0 Å². The van der Waals surface area contributed by atoms with Crippen LogP contribution in [0.3, 0.4) is 0 Å². The van der Waals surface area contributed by atoms with E-state index in [4.69, 9.17) is 21.1 Å². The highest BCUT2D eigenvalue weighted by atomic mass is 35.5. The minimum Gasteiger partial charge on any atom is -0.497 e. The highest BCUT2D eigenvalue weighted by Gasteiger charge is 2.48. The highest BCUT2D eigenvalue weighted by molar-refractivity contribution is 6.30. The Labute approximate surface area is 240 Å². The van der Waals surface area contributed by atoms with E-state index in [1.165, 1.54) is 0 Å². The standard InChI is InChI=1S/C31H35ClN4O4/c1-19(2)40-26-17-24(39-4)13-14-25(26)30-34-28(21-7-5-20(3)6-8-21)29(22-9-11-23(32)12-10-22)36(30)31(38)35-16-15-33-27(37)18-35/h5-14,17,19,28-30,34H,15-16,18H2,1-4H3,(H,33,37). The maximum Gasteiger partial charge on any atom is 0.322 e. The van der Waals surface area contributed by atoms with Gasteiger partial charge in [-0.05, 0) is 56.2 Å². The van der Waals surface area contributed by atoms with Gasteiger partial charge in [0.2, 0.25) is 5.91 Å². The Bertz CT molecular complexity index is 1360. The molecule has 3 aromatic carbocycles. The van der Waals surface area contributed by atoms with Gasteiger partial charge in [-0.25, -0.2) is 4.79 Å².